The highest BCUT2D eigenvalue weighted by molar-refractivity contribution is 5.75. The van der Waals surface area contributed by atoms with Crippen molar-refractivity contribution < 1.29 is 31.9 Å². The summed E-state index contributed by atoms with van der Waals surface area (Å²) in [6, 6.07) is 11.8. The van der Waals surface area contributed by atoms with Crippen LogP contribution in [0, 0.1) is 6.92 Å². The minimum Gasteiger partial charge on any atom is -0.493 e. The number of hydrogen-bond donors (Lipinski definition) is 1. The Morgan fingerprint density at radius 1 is 1.11 bits per heavy atom. The average Bonchev–Trinajstić information content (AvgIpc) is 3.23. The first-order valence-electron chi connectivity index (χ1n) is 11.6. The van der Waals surface area contributed by atoms with Crippen molar-refractivity contribution in [3.05, 3.63) is 71.1 Å². The summed E-state index contributed by atoms with van der Waals surface area (Å²) in [5, 5.41) is 3.18. The SMILES string of the molecule is Cc1oc(-c2ccc(C(F)(F)F)cc2)nc1CCOc1ccc(COC(=O)C2CCCCN2)cc1. The summed E-state index contributed by atoms with van der Waals surface area (Å²) in [5.74, 6) is 1.31. The minimum absolute atomic E-state index is 0.210. The van der Waals surface area contributed by atoms with Crippen LogP contribution in [0.1, 0.15) is 41.8 Å². The molecule has 9 heteroatoms. The molecular weight excluding hydrogens is 461 g/mol. The fourth-order valence-electron chi connectivity index (χ4n) is 3.84. The molecule has 6 nitrogen and oxygen atoms in total. The third-order valence-corrected chi connectivity index (χ3v) is 5.86. The Bertz CT molecular complexity index is 1120. The molecule has 1 N–H and O–H groups in total. The molecular formula is C26H27F3N2O4. The number of carbonyl (C=O) groups excluding carboxylic acids is 1. The van der Waals surface area contributed by atoms with Gasteiger partial charge in [-0.1, -0.05) is 18.6 Å². The molecule has 1 saturated heterocycles. The number of oxazole rings is 1. The molecule has 1 aliphatic rings. The van der Waals surface area contributed by atoms with Gasteiger partial charge in [0, 0.05) is 12.0 Å². The first-order valence-corrected chi connectivity index (χ1v) is 11.6. The number of carbonyl (C=O) groups is 1. The maximum atomic E-state index is 12.8. The molecule has 0 amide bonds. The zero-order chi connectivity index (χ0) is 24.8. The predicted octanol–water partition coefficient (Wildman–Crippen LogP) is 5.48. The number of esters is 1. The summed E-state index contributed by atoms with van der Waals surface area (Å²) in [5.41, 5.74) is 1.31. The molecule has 0 bridgehead atoms. The second-order valence-corrected chi connectivity index (χ2v) is 8.45. The van der Waals surface area contributed by atoms with Gasteiger partial charge in [-0.15, -0.1) is 0 Å². The number of piperidine rings is 1. The highest BCUT2D eigenvalue weighted by Gasteiger charge is 2.30. The van der Waals surface area contributed by atoms with Crippen molar-refractivity contribution in [3.8, 4) is 17.2 Å². The van der Waals surface area contributed by atoms with Crippen LogP contribution < -0.4 is 10.1 Å². The number of nitrogens with zero attached hydrogens (tertiary/aromatic N) is 1. The van der Waals surface area contributed by atoms with Gasteiger partial charge in [0.25, 0.3) is 0 Å². The van der Waals surface area contributed by atoms with E-state index in [4.69, 9.17) is 13.9 Å². The molecule has 1 unspecified atom stereocenters. The number of rotatable bonds is 8. The summed E-state index contributed by atoms with van der Waals surface area (Å²) >= 11 is 0. The molecule has 0 radical (unpaired) electrons. The van der Waals surface area contributed by atoms with E-state index in [1.807, 2.05) is 24.3 Å². The van der Waals surface area contributed by atoms with Gasteiger partial charge in [-0.3, -0.25) is 4.79 Å². The van der Waals surface area contributed by atoms with Crippen molar-refractivity contribution >= 4 is 5.97 Å². The van der Waals surface area contributed by atoms with E-state index < -0.39 is 11.7 Å². The van der Waals surface area contributed by atoms with Gasteiger partial charge in [-0.05, 0) is 68.3 Å². The fourth-order valence-corrected chi connectivity index (χ4v) is 3.84. The maximum Gasteiger partial charge on any atom is 0.416 e. The van der Waals surface area contributed by atoms with Crippen LogP contribution in [0.25, 0.3) is 11.5 Å². The lowest BCUT2D eigenvalue weighted by Crippen LogP contribution is -2.41. The van der Waals surface area contributed by atoms with E-state index in [0.29, 0.717) is 35.8 Å². The van der Waals surface area contributed by atoms with E-state index in [9.17, 15) is 18.0 Å². The number of hydrogen-bond acceptors (Lipinski definition) is 6. The normalized spacial score (nSPS) is 16.2. The van der Waals surface area contributed by atoms with Gasteiger partial charge in [0.15, 0.2) is 0 Å². The summed E-state index contributed by atoms with van der Waals surface area (Å²) in [7, 11) is 0. The van der Waals surface area contributed by atoms with Crippen LogP contribution in [-0.2, 0) is 28.7 Å². The maximum absolute atomic E-state index is 12.8. The van der Waals surface area contributed by atoms with Crippen molar-refractivity contribution in [3.63, 3.8) is 0 Å². The Balaban J connectivity index is 1.25. The van der Waals surface area contributed by atoms with Crippen LogP contribution >= 0.6 is 0 Å². The Morgan fingerprint density at radius 3 is 2.51 bits per heavy atom. The number of nitrogens with one attached hydrogen (secondary N) is 1. The van der Waals surface area contributed by atoms with Crippen molar-refractivity contribution in [2.45, 2.75) is 51.4 Å². The molecule has 0 spiro atoms. The summed E-state index contributed by atoms with van der Waals surface area (Å²) in [4.78, 5) is 16.5. The van der Waals surface area contributed by atoms with Crippen LogP contribution in [0.2, 0.25) is 0 Å². The molecule has 1 aromatic heterocycles. The molecule has 4 rings (SSSR count). The number of aryl methyl sites for hydroxylation is 1. The van der Waals surface area contributed by atoms with Gasteiger partial charge in [0.1, 0.15) is 24.2 Å². The van der Waals surface area contributed by atoms with E-state index in [-0.39, 0.29) is 24.5 Å². The van der Waals surface area contributed by atoms with Gasteiger partial charge < -0.3 is 19.2 Å². The molecule has 2 aromatic carbocycles. The third kappa shape index (κ3) is 6.63. The Labute approximate surface area is 201 Å². The number of aromatic nitrogens is 1. The van der Waals surface area contributed by atoms with Crippen LogP contribution in [-0.4, -0.2) is 30.1 Å². The second-order valence-electron chi connectivity index (χ2n) is 8.45. The van der Waals surface area contributed by atoms with Gasteiger partial charge in [0.2, 0.25) is 5.89 Å². The zero-order valence-corrected chi connectivity index (χ0v) is 19.4. The molecule has 3 aromatic rings. The van der Waals surface area contributed by atoms with Gasteiger partial charge in [-0.25, -0.2) is 4.98 Å². The topological polar surface area (TPSA) is 73.6 Å². The van der Waals surface area contributed by atoms with E-state index in [1.165, 1.54) is 12.1 Å². The molecule has 1 aliphatic heterocycles. The molecule has 0 aliphatic carbocycles. The summed E-state index contributed by atoms with van der Waals surface area (Å²) in [6.45, 7) is 3.16. The quantitative estimate of drug-likeness (QED) is 0.424. The molecule has 1 fully saturated rings. The zero-order valence-electron chi connectivity index (χ0n) is 19.4. The number of alkyl halides is 3. The third-order valence-electron chi connectivity index (χ3n) is 5.86. The fraction of sp³-hybridized carbons (Fsp3) is 0.385. The molecule has 0 saturated carbocycles. The lowest BCUT2D eigenvalue weighted by molar-refractivity contribution is -0.148. The number of halogens is 3. The molecule has 35 heavy (non-hydrogen) atoms. The van der Waals surface area contributed by atoms with Crippen LogP contribution in [0.5, 0.6) is 5.75 Å². The number of benzene rings is 2. The van der Waals surface area contributed by atoms with E-state index in [2.05, 4.69) is 10.3 Å². The van der Waals surface area contributed by atoms with E-state index in [1.54, 1.807) is 6.92 Å². The highest BCUT2D eigenvalue weighted by Crippen LogP contribution is 2.31. The van der Waals surface area contributed by atoms with Crippen molar-refractivity contribution in [2.24, 2.45) is 0 Å². The van der Waals surface area contributed by atoms with Gasteiger partial charge in [0.05, 0.1) is 17.9 Å². The molecule has 186 valence electrons. The number of ether oxygens (including phenoxy) is 2. The first-order chi connectivity index (χ1) is 16.8. The van der Waals surface area contributed by atoms with Crippen molar-refractivity contribution in [2.75, 3.05) is 13.2 Å². The van der Waals surface area contributed by atoms with Crippen molar-refractivity contribution in [1.82, 2.24) is 10.3 Å². The second kappa shape index (κ2) is 10.9. The predicted molar refractivity (Wildman–Crippen MR) is 123 cm³/mol. The molecule has 1 atom stereocenters. The van der Waals surface area contributed by atoms with Gasteiger partial charge >= 0.3 is 12.1 Å². The highest BCUT2D eigenvalue weighted by atomic mass is 19.4. The largest absolute Gasteiger partial charge is 0.493 e. The van der Waals surface area contributed by atoms with Gasteiger partial charge in [-0.2, -0.15) is 13.2 Å². The lowest BCUT2D eigenvalue weighted by atomic mass is 10.1. The Hall–Kier alpha value is -3.33. The van der Waals surface area contributed by atoms with Crippen LogP contribution in [0.3, 0.4) is 0 Å². The minimum atomic E-state index is -4.39. The van der Waals surface area contributed by atoms with E-state index >= 15 is 0 Å². The summed E-state index contributed by atoms with van der Waals surface area (Å²) < 4.78 is 55.1. The average molecular weight is 489 g/mol. The Kier molecular flexibility index (Phi) is 7.75. The Morgan fingerprint density at radius 2 is 1.86 bits per heavy atom. The summed E-state index contributed by atoms with van der Waals surface area (Å²) in [6.07, 6.45) is -0.987. The monoisotopic (exact) mass is 488 g/mol. The van der Waals surface area contributed by atoms with Crippen LogP contribution in [0.15, 0.2) is 52.9 Å². The standard InChI is InChI=1S/C26H27F3N2O4/c1-17-22(31-24(35-17)19-7-9-20(10-8-19)26(27,28)29)13-15-33-21-11-5-18(6-12-21)16-34-25(32)23-4-2-3-14-30-23/h5-12,23,30H,2-4,13-16H2,1H3. The lowest BCUT2D eigenvalue weighted by Gasteiger charge is -2.21. The van der Waals surface area contributed by atoms with E-state index in [0.717, 1.165) is 43.5 Å². The smallest absolute Gasteiger partial charge is 0.416 e. The molecule has 2 heterocycles. The van der Waals surface area contributed by atoms with Crippen molar-refractivity contribution in [1.29, 1.82) is 0 Å². The first kappa shape index (κ1) is 24.8. The van der Waals surface area contributed by atoms with Crippen LogP contribution in [0.4, 0.5) is 13.2 Å².